The molecule has 1 saturated heterocycles. The fourth-order valence-corrected chi connectivity index (χ4v) is 3.03. The number of piperidine rings is 1. The first kappa shape index (κ1) is 17.2. The molecule has 132 valence electrons. The van der Waals surface area contributed by atoms with E-state index in [0.29, 0.717) is 6.54 Å². The van der Waals surface area contributed by atoms with Gasteiger partial charge < -0.3 is 10.6 Å². The van der Waals surface area contributed by atoms with E-state index >= 15 is 0 Å². The Kier molecular flexibility index (Phi) is 5.79. The normalized spacial score (nSPS) is 15.7. The molecule has 0 radical (unpaired) electrons. The van der Waals surface area contributed by atoms with Gasteiger partial charge in [0.1, 0.15) is 6.33 Å². The molecule has 1 aliphatic rings. The summed E-state index contributed by atoms with van der Waals surface area (Å²) in [4.78, 5) is 18.6. The molecule has 0 saturated carbocycles. The third kappa shape index (κ3) is 4.90. The molecule has 25 heavy (non-hydrogen) atoms. The van der Waals surface area contributed by atoms with Crippen molar-refractivity contribution in [1.82, 2.24) is 30.7 Å². The third-order valence-electron chi connectivity index (χ3n) is 4.38. The molecular weight excluding hydrogens is 316 g/mol. The molecular formula is C18H24N6O. The van der Waals surface area contributed by atoms with E-state index in [9.17, 15) is 4.79 Å². The monoisotopic (exact) mass is 340 g/mol. The number of hydrogen-bond donors (Lipinski definition) is 3. The summed E-state index contributed by atoms with van der Waals surface area (Å²) < 4.78 is 0. The smallest absolute Gasteiger partial charge is 0.315 e. The Hall–Kier alpha value is -2.67. The molecule has 3 N–H and O–H groups in total. The Morgan fingerprint density at radius 1 is 1.40 bits per heavy atom. The number of urea groups is 1. The van der Waals surface area contributed by atoms with Crippen molar-refractivity contribution in [2.75, 3.05) is 19.6 Å². The van der Waals surface area contributed by atoms with E-state index in [2.05, 4.69) is 37.3 Å². The highest BCUT2D eigenvalue weighted by Gasteiger charge is 2.19. The topological polar surface area (TPSA) is 85.9 Å². The van der Waals surface area contributed by atoms with Gasteiger partial charge in [0, 0.05) is 37.8 Å². The molecule has 1 aromatic heterocycles. The van der Waals surface area contributed by atoms with Crippen LogP contribution in [0.25, 0.3) is 11.4 Å². The van der Waals surface area contributed by atoms with Crippen molar-refractivity contribution < 1.29 is 4.79 Å². The van der Waals surface area contributed by atoms with Gasteiger partial charge in [0.25, 0.3) is 0 Å². The summed E-state index contributed by atoms with van der Waals surface area (Å²) >= 11 is 0. The molecule has 0 bridgehead atoms. The second kappa shape index (κ2) is 8.43. The van der Waals surface area contributed by atoms with Crippen molar-refractivity contribution in [1.29, 1.82) is 0 Å². The van der Waals surface area contributed by atoms with E-state index in [1.54, 1.807) is 0 Å². The number of hydrogen-bond acceptors (Lipinski definition) is 4. The van der Waals surface area contributed by atoms with Crippen LogP contribution in [0, 0.1) is 0 Å². The summed E-state index contributed by atoms with van der Waals surface area (Å²) in [5, 5.41) is 12.7. The van der Waals surface area contributed by atoms with Crippen molar-refractivity contribution in [2.45, 2.75) is 25.4 Å². The number of carbonyl (C=O) groups excluding carboxylic acids is 1. The summed E-state index contributed by atoms with van der Waals surface area (Å²) in [6.07, 6.45) is 5.35. The van der Waals surface area contributed by atoms with Crippen LogP contribution < -0.4 is 10.6 Å². The van der Waals surface area contributed by atoms with Gasteiger partial charge in [-0.25, -0.2) is 9.78 Å². The van der Waals surface area contributed by atoms with Crippen LogP contribution in [-0.2, 0) is 6.54 Å². The largest absolute Gasteiger partial charge is 0.335 e. The van der Waals surface area contributed by atoms with Crippen LogP contribution in [0.4, 0.5) is 4.79 Å². The van der Waals surface area contributed by atoms with Gasteiger partial charge in [0.05, 0.1) is 0 Å². The maximum atomic E-state index is 12.1. The minimum Gasteiger partial charge on any atom is -0.335 e. The minimum atomic E-state index is -0.118. The lowest BCUT2D eigenvalue weighted by molar-refractivity contribution is 0.204. The molecule has 1 fully saturated rings. The maximum Gasteiger partial charge on any atom is 0.315 e. The highest BCUT2D eigenvalue weighted by molar-refractivity contribution is 5.74. The Balaban J connectivity index is 1.45. The maximum absolute atomic E-state index is 12.1. The van der Waals surface area contributed by atoms with E-state index in [1.807, 2.05) is 30.3 Å². The van der Waals surface area contributed by atoms with Crippen molar-refractivity contribution in [3.63, 3.8) is 0 Å². The Bertz CT molecular complexity index is 691. The standard InChI is InChI=1S/C18H24N6O/c1-2-8-24-9-6-16(7-10-24)22-18(25)19-12-14-4-3-5-15(11-14)17-20-13-21-23-17/h2-5,11,13,16H,1,6-10,12H2,(H2,19,22,25)(H,20,21,23). The van der Waals surface area contributed by atoms with E-state index in [0.717, 1.165) is 49.4 Å². The average molecular weight is 340 g/mol. The molecule has 2 heterocycles. The van der Waals surface area contributed by atoms with E-state index in [1.165, 1.54) is 6.33 Å². The quantitative estimate of drug-likeness (QED) is 0.701. The van der Waals surface area contributed by atoms with Crippen molar-refractivity contribution in [2.24, 2.45) is 0 Å². The Morgan fingerprint density at radius 2 is 2.24 bits per heavy atom. The molecule has 2 amide bonds. The van der Waals surface area contributed by atoms with E-state index < -0.39 is 0 Å². The van der Waals surface area contributed by atoms with Crippen LogP contribution in [0.5, 0.6) is 0 Å². The van der Waals surface area contributed by atoms with Gasteiger partial charge in [0.2, 0.25) is 0 Å². The molecule has 0 spiro atoms. The third-order valence-corrected chi connectivity index (χ3v) is 4.38. The fraction of sp³-hybridized carbons (Fsp3) is 0.389. The SMILES string of the molecule is C=CCN1CCC(NC(=O)NCc2cccc(-c3ncn[nH]3)c2)CC1. The predicted octanol–water partition coefficient (Wildman–Crippen LogP) is 1.92. The minimum absolute atomic E-state index is 0.118. The number of nitrogens with zero attached hydrogens (tertiary/aromatic N) is 3. The summed E-state index contributed by atoms with van der Waals surface area (Å²) in [5.74, 6) is 0.720. The van der Waals surface area contributed by atoms with Gasteiger partial charge in [-0.05, 0) is 24.5 Å². The zero-order valence-corrected chi connectivity index (χ0v) is 14.2. The second-order valence-electron chi connectivity index (χ2n) is 6.23. The number of benzene rings is 1. The molecule has 0 atom stereocenters. The van der Waals surface area contributed by atoms with Gasteiger partial charge in [-0.15, -0.1) is 6.58 Å². The fourth-order valence-electron chi connectivity index (χ4n) is 3.03. The molecule has 1 aromatic carbocycles. The summed E-state index contributed by atoms with van der Waals surface area (Å²) in [5.41, 5.74) is 1.97. The predicted molar refractivity (Wildman–Crippen MR) is 96.8 cm³/mol. The van der Waals surface area contributed by atoms with Gasteiger partial charge in [-0.3, -0.25) is 10.00 Å². The molecule has 1 aliphatic heterocycles. The number of aromatic nitrogens is 3. The number of amides is 2. The summed E-state index contributed by atoms with van der Waals surface area (Å²) in [6, 6.07) is 8.00. The summed E-state index contributed by atoms with van der Waals surface area (Å²) in [7, 11) is 0. The number of carbonyl (C=O) groups is 1. The molecule has 3 rings (SSSR count). The number of H-pyrrole nitrogens is 1. The van der Waals surface area contributed by atoms with Crippen LogP contribution >= 0.6 is 0 Å². The zero-order valence-electron chi connectivity index (χ0n) is 14.2. The van der Waals surface area contributed by atoms with Crippen LogP contribution in [0.3, 0.4) is 0 Å². The van der Waals surface area contributed by atoms with Gasteiger partial charge in [-0.1, -0.05) is 24.3 Å². The number of rotatable bonds is 6. The van der Waals surface area contributed by atoms with Crippen molar-refractivity contribution >= 4 is 6.03 Å². The molecule has 0 aliphatic carbocycles. The average Bonchev–Trinajstić information content (AvgIpc) is 3.17. The molecule has 7 nitrogen and oxygen atoms in total. The first-order valence-electron chi connectivity index (χ1n) is 8.57. The van der Waals surface area contributed by atoms with Gasteiger partial charge in [0.15, 0.2) is 5.82 Å². The first-order valence-corrected chi connectivity index (χ1v) is 8.57. The van der Waals surface area contributed by atoms with E-state index in [-0.39, 0.29) is 12.1 Å². The van der Waals surface area contributed by atoms with Crippen LogP contribution in [0.15, 0.2) is 43.2 Å². The van der Waals surface area contributed by atoms with Crippen LogP contribution in [0.1, 0.15) is 18.4 Å². The van der Waals surface area contributed by atoms with E-state index in [4.69, 9.17) is 0 Å². The van der Waals surface area contributed by atoms with Crippen LogP contribution in [0.2, 0.25) is 0 Å². The van der Waals surface area contributed by atoms with Gasteiger partial charge in [-0.2, -0.15) is 5.10 Å². The molecule has 2 aromatic rings. The first-order chi connectivity index (χ1) is 12.2. The molecule has 7 heteroatoms. The Labute approximate surface area is 147 Å². The van der Waals surface area contributed by atoms with Crippen molar-refractivity contribution in [3.8, 4) is 11.4 Å². The Morgan fingerprint density at radius 3 is 2.96 bits per heavy atom. The lowest BCUT2D eigenvalue weighted by Gasteiger charge is -2.31. The zero-order chi connectivity index (χ0) is 17.5. The van der Waals surface area contributed by atoms with Crippen molar-refractivity contribution in [3.05, 3.63) is 48.8 Å². The van der Waals surface area contributed by atoms with Crippen LogP contribution in [-0.4, -0.2) is 51.8 Å². The highest BCUT2D eigenvalue weighted by Crippen LogP contribution is 2.15. The lowest BCUT2D eigenvalue weighted by Crippen LogP contribution is -2.47. The summed E-state index contributed by atoms with van der Waals surface area (Å²) in [6.45, 7) is 7.15. The van der Waals surface area contributed by atoms with Gasteiger partial charge >= 0.3 is 6.03 Å². The number of nitrogens with one attached hydrogen (secondary N) is 3. The lowest BCUT2D eigenvalue weighted by atomic mass is 10.1. The number of aromatic amines is 1. The highest BCUT2D eigenvalue weighted by atomic mass is 16.2. The second-order valence-corrected chi connectivity index (χ2v) is 6.23. The molecule has 0 unspecified atom stereocenters. The number of likely N-dealkylation sites (tertiary alicyclic amines) is 1.